The minimum Gasteiger partial charge on any atom is -0.351 e. The molecule has 0 saturated heterocycles. The SMILES string of the molecule is C=CCN(CC1CCCCC1)c1ccc(C#N)nn1. The largest absolute Gasteiger partial charge is 0.351 e. The second kappa shape index (κ2) is 6.89. The lowest BCUT2D eigenvalue weighted by Gasteiger charge is -2.29. The molecule has 0 radical (unpaired) electrons. The molecule has 1 heterocycles. The molecule has 1 saturated carbocycles. The fraction of sp³-hybridized carbons (Fsp3) is 0.533. The summed E-state index contributed by atoms with van der Waals surface area (Å²) in [5.74, 6) is 1.58. The summed E-state index contributed by atoms with van der Waals surface area (Å²) in [7, 11) is 0. The summed E-state index contributed by atoms with van der Waals surface area (Å²) in [5.41, 5.74) is 0.361. The van der Waals surface area contributed by atoms with E-state index in [0.717, 1.165) is 24.8 Å². The molecule has 0 spiro atoms. The van der Waals surface area contributed by atoms with E-state index in [1.165, 1.54) is 32.1 Å². The van der Waals surface area contributed by atoms with Gasteiger partial charge >= 0.3 is 0 Å². The Kier molecular flexibility index (Phi) is 4.91. The Morgan fingerprint density at radius 1 is 1.32 bits per heavy atom. The first-order valence-corrected chi connectivity index (χ1v) is 6.93. The van der Waals surface area contributed by atoms with E-state index >= 15 is 0 Å². The number of nitrogens with zero attached hydrogens (tertiary/aromatic N) is 4. The van der Waals surface area contributed by atoms with E-state index in [1.54, 1.807) is 6.07 Å². The Morgan fingerprint density at radius 3 is 2.68 bits per heavy atom. The van der Waals surface area contributed by atoms with Gasteiger partial charge in [-0.05, 0) is 30.9 Å². The molecule has 1 aromatic heterocycles. The Bertz CT molecular complexity index is 440. The maximum atomic E-state index is 8.75. The van der Waals surface area contributed by atoms with Crippen molar-refractivity contribution in [2.45, 2.75) is 32.1 Å². The third-order valence-electron chi connectivity index (χ3n) is 3.64. The Balaban J connectivity index is 2.05. The van der Waals surface area contributed by atoms with Crippen molar-refractivity contribution in [3.63, 3.8) is 0 Å². The molecule has 100 valence electrons. The summed E-state index contributed by atoms with van der Waals surface area (Å²) in [5, 5.41) is 16.8. The quantitative estimate of drug-likeness (QED) is 0.760. The molecule has 1 aliphatic rings. The molecule has 0 unspecified atom stereocenters. The first-order valence-electron chi connectivity index (χ1n) is 6.93. The molecule has 0 aromatic carbocycles. The summed E-state index contributed by atoms with van der Waals surface area (Å²) in [6, 6.07) is 5.59. The van der Waals surface area contributed by atoms with Crippen LogP contribution in [0.1, 0.15) is 37.8 Å². The molecule has 0 amide bonds. The van der Waals surface area contributed by atoms with Crippen LogP contribution < -0.4 is 4.90 Å². The smallest absolute Gasteiger partial charge is 0.163 e. The van der Waals surface area contributed by atoms with E-state index in [9.17, 15) is 0 Å². The van der Waals surface area contributed by atoms with Crippen molar-refractivity contribution in [3.8, 4) is 6.07 Å². The molecule has 0 aliphatic heterocycles. The third-order valence-corrected chi connectivity index (χ3v) is 3.64. The molecular formula is C15H20N4. The zero-order chi connectivity index (χ0) is 13.5. The highest BCUT2D eigenvalue weighted by atomic mass is 15.3. The minimum atomic E-state index is 0.361. The number of anilines is 1. The molecule has 1 fully saturated rings. The molecule has 0 atom stereocenters. The van der Waals surface area contributed by atoms with Gasteiger partial charge in [0.25, 0.3) is 0 Å². The van der Waals surface area contributed by atoms with Crippen LogP contribution in [0.15, 0.2) is 24.8 Å². The van der Waals surface area contributed by atoms with Crippen molar-refractivity contribution in [2.24, 2.45) is 5.92 Å². The van der Waals surface area contributed by atoms with Crippen molar-refractivity contribution < 1.29 is 0 Å². The molecule has 2 rings (SSSR count). The van der Waals surface area contributed by atoms with Crippen molar-refractivity contribution in [3.05, 3.63) is 30.5 Å². The first-order chi connectivity index (χ1) is 9.33. The van der Waals surface area contributed by atoms with Gasteiger partial charge in [-0.2, -0.15) is 5.26 Å². The molecule has 4 nitrogen and oxygen atoms in total. The van der Waals surface area contributed by atoms with E-state index in [0.29, 0.717) is 5.69 Å². The fourth-order valence-electron chi connectivity index (χ4n) is 2.65. The number of hydrogen-bond acceptors (Lipinski definition) is 4. The minimum absolute atomic E-state index is 0.361. The monoisotopic (exact) mass is 256 g/mol. The Hall–Kier alpha value is -1.89. The van der Waals surface area contributed by atoms with Crippen molar-refractivity contribution in [1.82, 2.24) is 10.2 Å². The summed E-state index contributed by atoms with van der Waals surface area (Å²) in [6.07, 6.45) is 8.54. The predicted molar refractivity (Wildman–Crippen MR) is 75.7 cm³/mol. The van der Waals surface area contributed by atoms with Crippen LogP contribution in [-0.2, 0) is 0 Å². The standard InChI is InChI=1S/C15H20N4/c1-2-10-19(12-13-6-4-3-5-7-13)15-9-8-14(11-16)17-18-15/h2,8-9,13H,1,3-7,10,12H2. The fourth-order valence-corrected chi connectivity index (χ4v) is 2.65. The van der Waals surface area contributed by atoms with Gasteiger partial charge in [0.05, 0.1) is 0 Å². The van der Waals surface area contributed by atoms with Crippen LogP contribution in [0.25, 0.3) is 0 Å². The molecule has 0 N–H and O–H groups in total. The third kappa shape index (κ3) is 3.78. The van der Waals surface area contributed by atoms with Gasteiger partial charge in [0.15, 0.2) is 11.5 Å². The maximum Gasteiger partial charge on any atom is 0.163 e. The van der Waals surface area contributed by atoms with Gasteiger partial charge in [-0.1, -0.05) is 25.3 Å². The second-order valence-corrected chi connectivity index (χ2v) is 5.09. The summed E-state index contributed by atoms with van der Waals surface area (Å²) in [4.78, 5) is 2.21. The maximum absolute atomic E-state index is 8.75. The van der Waals surface area contributed by atoms with Gasteiger partial charge < -0.3 is 4.90 Å². The zero-order valence-corrected chi connectivity index (χ0v) is 11.3. The van der Waals surface area contributed by atoms with Crippen molar-refractivity contribution in [2.75, 3.05) is 18.0 Å². The van der Waals surface area contributed by atoms with E-state index in [1.807, 2.05) is 18.2 Å². The van der Waals surface area contributed by atoms with Gasteiger partial charge in [0.2, 0.25) is 0 Å². The van der Waals surface area contributed by atoms with Crippen molar-refractivity contribution in [1.29, 1.82) is 5.26 Å². The molecular weight excluding hydrogens is 236 g/mol. The molecule has 4 heteroatoms. The number of nitriles is 1. The van der Waals surface area contributed by atoms with Gasteiger partial charge in [-0.25, -0.2) is 0 Å². The number of aromatic nitrogens is 2. The van der Waals surface area contributed by atoms with Gasteiger partial charge in [0, 0.05) is 13.1 Å². The first kappa shape index (κ1) is 13.5. The highest BCUT2D eigenvalue weighted by Crippen LogP contribution is 2.25. The topological polar surface area (TPSA) is 52.8 Å². The lowest BCUT2D eigenvalue weighted by Crippen LogP contribution is -2.31. The summed E-state index contributed by atoms with van der Waals surface area (Å²) >= 11 is 0. The zero-order valence-electron chi connectivity index (χ0n) is 11.3. The molecule has 1 aliphatic carbocycles. The van der Waals surface area contributed by atoms with Crippen LogP contribution >= 0.6 is 0 Å². The van der Waals surface area contributed by atoms with E-state index < -0.39 is 0 Å². The van der Waals surface area contributed by atoms with Gasteiger partial charge in [-0.3, -0.25) is 0 Å². The van der Waals surface area contributed by atoms with Crippen LogP contribution in [0.3, 0.4) is 0 Å². The average molecular weight is 256 g/mol. The predicted octanol–water partition coefficient (Wildman–Crippen LogP) is 2.92. The van der Waals surface area contributed by atoms with Crippen LogP contribution in [0.4, 0.5) is 5.82 Å². The lowest BCUT2D eigenvalue weighted by atomic mass is 9.89. The van der Waals surface area contributed by atoms with E-state index in [2.05, 4.69) is 21.7 Å². The Labute approximate surface area is 114 Å². The number of hydrogen-bond donors (Lipinski definition) is 0. The van der Waals surface area contributed by atoms with Crippen LogP contribution in [0.2, 0.25) is 0 Å². The normalized spacial score (nSPS) is 15.7. The number of rotatable bonds is 5. The highest BCUT2D eigenvalue weighted by molar-refractivity contribution is 5.39. The van der Waals surface area contributed by atoms with Crippen LogP contribution in [0, 0.1) is 17.2 Å². The van der Waals surface area contributed by atoms with Gasteiger partial charge in [0.1, 0.15) is 6.07 Å². The average Bonchev–Trinajstić information content (AvgIpc) is 2.48. The summed E-state index contributed by atoms with van der Waals surface area (Å²) in [6.45, 7) is 5.59. The second-order valence-electron chi connectivity index (χ2n) is 5.09. The highest BCUT2D eigenvalue weighted by Gasteiger charge is 2.17. The Morgan fingerprint density at radius 2 is 2.11 bits per heavy atom. The van der Waals surface area contributed by atoms with Gasteiger partial charge in [-0.15, -0.1) is 16.8 Å². The molecule has 0 bridgehead atoms. The lowest BCUT2D eigenvalue weighted by molar-refractivity contribution is 0.359. The van der Waals surface area contributed by atoms with Crippen LogP contribution in [-0.4, -0.2) is 23.3 Å². The molecule has 19 heavy (non-hydrogen) atoms. The van der Waals surface area contributed by atoms with Crippen molar-refractivity contribution >= 4 is 5.82 Å². The van der Waals surface area contributed by atoms with Crippen LogP contribution in [0.5, 0.6) is 0 Å². The van der Waals surface area contributed by atoms with E-state index in [-0.39, 0.29) is 0 Å². The molecule has 1 aromatic rings. The summed E-state index contributed by atoms with van der Waals surface area (Å²) < 4.78 is 0. The van der Waals surface area contributed by atoms with E-state index in [4.69, 9.17) is 5.26 Å².